The van der Waals surface area contributed by atoms with Crippen molar-refractivity contribution in [3.8, 4) is 33.4 Å². The van der Waals surface area contributed by atoms with E-state index in [0.29, 0.717) is 0 Å². The number of anilines is 6. The smallest absolute Gasteiger partial charge is 0.136 e. The minimum Gasteiger partial charge on any atom is -0.456 e. The third-order valence-electron chi connectivity index (χ3n) is 12.6. The molecule has 65 heavy (non-hydrogen) atoms. The molecule has 0 saturated carbocycles. The van der Waals surface area contributed by atoms with Crippen molar-refractivity contribution in [3.63, 3.8) is 0 Å². The van der Waals surface area contributed by atoms with Crippen LogP contribution in [-0.4, -0.2) is 0 Å². The summed E-state index contributed by atoms with van der Waals surface area (Å²) in [5.74, 6) is 0. The van der Waals surface area contributed by atoms with Crippen molar-refractivity contribution >= 4 is 77.6 Å². The summed E-state index contributed by atoms with van der Waals surface area (Å²) in [6.45, 7) is 0. The molecule has 0 atom stereocenters. The summed E-state index contributed by atoms with van der Waals surface area (Å²) in [6.07, 6.45) is 0. The van der Waals surface area contributed by atoms with Crippen LogP contribution >= 0.6 is 0 Å². The molecule has 0 radical (unpaired) electrons. The minimum absolute atomic E-state index is 0.899. The van der Waals surface area contributed by atoms with Crippen molar-refractivity contribution < 1.29 is 4.42 Å². The number of rotatable bonds is 9. The van der Waals surface area contributed by atoms with Gasteiger partial charge >= 0.3 is 0 Å². The fourth-order valence-corrected chi connectivity index (χ4v) is 9.54. The zero-order valence-electron chi connectivity index (χ0n) is 35.6. The lowest BCUT2D eigenvalue weighted by molar-refractivity contribution is 0.669. The maximum atomic E-state index is 6.36. The predicted octanol–water partition coefficient (Wildman–Crippen LogP) is 17.8. The van der Waals surface area contributed by atoms with Crippen molar-refractivity contribution in [2.75, 3.05) is 9.80 Å². The maximum Gasteiger partial charge on any atom is 0.136 e. The highest BCUT2D eigenvalue weighted by atomic mass is 16.3. The number of nitrogens with zero attached hydrogens (tertiary/aromatic N) is 2. The Bertz CT molecular complexity index is 3650. The van der Waals surface area contributed by atoms with Crippen LogP contribution < -0.4 is 9.80 Å². The molecule has 0 fully saturated rings. The van der Waals surface area contributed by atoms with E-state index >= 15 is 0 Å². The van der Waals surface area contributed by atoms with Crippen LogP contribution in [0.3, 0.4) is 0 Å². The molecular weight excluding hydrogens is 789 g/mol. The van der Waals surface area contributed by atoms with Crippen molar-refractivity contribution in [2.24, 2.45) is 0 Å². The maximum absolute atomic E-state index is 6.36. The van der Waals surface area contributed by atoms with E-state index in [1.165, 1.54) is 44.0 Å². The standard InChI is InChI=1S/C62H42N2O/c1-4-17-43(18-5-1)44-33-36-49(37-34-44)63(48-21-8-3-9-22-48)50-23-16-24-51(40-50)64(60-29-14-12-27-55(60)54-26-11-10-25-53(54)45-19-6-2-7-20-45)52-38-35-46-31-32-47-39-62-59(42-58(47)57(46)41-52)56-28-13-15-30-61(56)65-62/h1-42H. The normalized spacial score (nSPS) is 11.4. The summed E-state index contributed by atoms with van der Waals surface area (Å²) >= 11 is 0. The molecule has 0 spiro atoms. The van der Waals surface area contributed by atoms with Gasteiger partial charge in [0.1, 0.15) is 11.2 Å². The van der Waals surface area contributed by atoms with Gasteiger partial charge in [0.2, 0.25) is 0 Å². The van der Waals surface area contributed by atoms with Crippen LogP contribution in [0.15, 0.2) is 259 Å². The third kappa shape index (κ3) is 6.97. The first-order valence-corrected chi connectivity index (χ1v) is 22.2. The van der Waals surface area contributed by atoms with E-state index in [2.05, 4.69) is 252 Å². The monoisotopic (exact) mass is 830 g/mol. The number of para-hydroxylation sites is 3. The molecule has 3 heteroatoms. The van der Waals surface area contributed by atoms with Gasteiger partial charge < -0.3 is 14.2 Å². The molecule has 0 saturated heterocycles. The number of furan rings is 1. The lowest BCUT2D eigenvalue weighted by atomic mass is 9.93. The predicted molar refractivity (Wildman–Crippen MR) is 274 cm³/mol. The Morgan fingerprint density at radius 1 is 0.246 bits per heavy atom. The average Bonchev–Trinajstić information content (AvgIpc) is 3.75. The lowest BCUT2D eigenvalue weighted by Gasteiger charge is -2.31. The number of hydrogen-bond acceptors (Lipinski definition) is 3. The molecule has 12 aromatic rings. The van der Waals surface area contributed by atoms with Gasteiger partial charge in [0.25, 0.3) is 0 Å². The molecule has 1 aromatic heterocycles. The van der Waals surface area contributed by atoms with E-state index in [1.807, 2.05) is 12.1 Å². The van der Waals surface area contributed by atoms with Gasteiger partial charge in [-0.1, -0.05) is 176 Å². The molecule has 1 heterocycles. The summed E-state index contributed by atoms with van der Waals surface area (Å²) in [4.78, 5) is 4.79. The summed E-state index contributed by atoms with van der Waals surface area (Å²) in [5, 5.41) is 6.94. The van der Waals surface area contributed by atoms with Gasteiger partial charge in [-0.15, -0.1) is 0 Å². The van der Waals surface area contributed by atoms with Gasteiger partial charge in [-0.3, -0.25) is 0 Å². The van der Waals surface area contributed by atoms with E-state index in [4.69, 9.17) is 4.42 Å². The highest BCUT2D eigenvalue weighted by molar-refractivity contribution is 6.17. The van der Waals surface area contributed by atoms with E-state index in [9.17, 15) is 0 Å². The van der Waals surface area contributed by atoms with E-state index < -0.39 is 0 Å². The molecule has 306 valence electrons. The zero-order valence-corrected chi connectivity index (χ0v) is 35.6. The molecule has 0 aliphatic heterocycles. The Balaban J connectivity index is 1.07. The number of hydrogen-bond donors (Lipinski definition) is 0. The van der Waals surface area contributed by atoms with Crippen molar-refractivity contribution in [2.45, 2.75) is 0 Å². The van der Waals surface area contributed by atoms with Crippen LogP contribution in [0.5, 0.6) is 0 Å². The Kier molecular flexibility index (Phi) is 9.50. The lowest BCUT2D eigenvalue weighted by Crippen LogP contribution is -2.14. The zero-order chi connectivity index (χ0) is 43.1. The highest BCUT2D eigenvalue weighted by Gasteiger charge is 2.22. The Morgan fingerprint density at radius 2 is 0.769 bits per heavy atom. The second-order valence-electron chi connectivity index (χ2n) is 16.5. The highest BCUT2D eigenvalue weighted by Crippen LogP contribution is 2.47. The van der Waals surface area contributed by atoms with Crippen LogP contribution in [0.1, 0.15) is 0 Å². The first-order chi connectivity index (χ1) is 32.2. The Morgan fingerprint density at radius 3 is 1.55 bits per heavy atom. The summed E-state index contributed by atoms with van der Waals surface area (Å²) in [7, 11) is 0. The number of fused-ring (bicyclic) bond motifs is 6. The molecule has 0 amide bonds. The van der Waals surface area contributed by atoms with Gasteiger partial charge in [0, 0.05) is 44.8 Å². The van der Waals surface area contributed by atoms with Gasteiger partial charge in [-0.2, -0.15) is 0 Å². The van der Waals surface area contributed by atoms with Crippen LogP contribution in [0.4, 0.5) is 34.1 Å². The molecule has 3 nitrogen and oxygen atoms in total. The van der Waals surface area contributed by atoms with Crippen molar-refractivity contribution in [1.82, 2.24) is 0 Å². The van der Waals surface area contributed by atoms with Gasteiger partial charge in [-0.25, -0.2) is 0 Å². The third-order valence-corrected chi connectivity index (χ3v) is 12.6. The van der Waals surface area contributed by atoms with E-state index in [0.717, 1.165) is 67.0 Å². The summed E-state index contributed by atoms with van der Waals surface area (Å²) in [6, 6.07) is 91.5. The molecule has 0 bridgehead atoms. The Hall–Kier alpha value is -8.66. The molecule has 0 N–H and O–H groups in total. The molecular formula is C62H42N2O. The minimum atomic E-state index is 0.899. The van der Waals surface area contributed by atoms with Crippen LogP contribution in [0, 0.1) is 0 Å². The average molecular weight is 831 g/mol. The SMILES string of the molecule is c1ccc(-c2ccc(N(c3ccccc3)c3cccc(N(c4ccc5ccc6cc7oc8ccccc8c7cc6c5c4)c4ccccc4-c4ccccc4-c4ccccc4)c3)cc2)cc1. The summed E-state index contributed by atoms with van der Waals surface area (Å²) < 4.78 is 6.36. The van der Waals surface area contributed by atoms with Crippen LogP contribution in [0.25, 0.3) is 76.9 Å². The molecule has 12 rings (SSSR count). The topological polar surface area (TPSA) is 19.6 Å². The van der Waals surface area contributed by atoms with Gasteiger partial charge in [-0.05, 0) is 128 Å². The summed E-state index contributed by atoms with van der Waals surface area (Å²) in [5.41, 5.74) is 15.2. The second-order valence-corrected chi connectivity index (χ2v) is 16.5. The van der Waals surface area contributed by atoms with Crippen LogP contribution in [-0.2, 0) is 0 Å². The fourth-order valence-electron chi connectivity index (χ4n) is 9.54. The first-order valence-electron chi connectivity index (χ1n) is 22.2. The Labute approximate surface area is 378 Å². The van der Waals surface area contributed by atoms with E-state index in [-0.39, 0.29) is 0 Å². The van der Waals surface area contributed by atoms with Crippen molar-refractivity contribution in [3.05, 3.63) is 255 Å². The fraction of sp³-hybridized carbons (Fsp3) is 0. The van der Waals surface area contributed by atoms with E-state index in [1.54, 1.807) is 0 Å². The second kappa shape index (κ2) is 16.2. The largest absolute Gasteiger partial charge is 0.456 e. The van der Waals surface area contributed by atoms with Crippen molar-refractivity contribution in [1.29, 1.82) is 0 Å². The molecule has 0 aliphatic rings. The van der Waals surface area contributed by atoms with Gasteiger partial charge in [0.15, 0.2) is 0 Å². The van der Waals surface area contributed by atoms with Crippen LogP contribution in [0.2, 0.25) is 0 Å². The quantitative estimate of drug-likeness (QED) is 0.135. The molecule has 11 aromatic carbocycles. The number of benzene rings is 11. The molecule has 0 aliphatic carbocycles. The molecule has 0 unspecified atom stereocenters. The van der Waals surface area contributed by atoms with Gasteiger partial charge in [0.05, 0.1) is 5.69 Å². The first kappa shape index (κ1) is 38.0.